The highest BCUT2D eigenvalue weighted by molar-refractivity contribution is 9.10. The van der Waals surface area contributed by atoms with Crippen molar-refractivity contribution >= 4 is 39.2 Å². The molecule has 0 atom stereocenters. The summed E-state index contributed by atoms with van der Waals surface area (Å²) in [5, 5.41) is 12.9. The summed E-state index contributed by atoms with van der Waals surface area (Å²) in [5.41, 5.74) is 1.01. The van der Waals surface area contributed by atoms with Crippen LogP contribution >= 0.6 is 27.5 Å². The number of hydrogen-bond donors (Lipinski definition) is 2. The Balaban J connectivity index is 1.91. The van der Waals surface area contributed by atoms with E-state index in [2.05, 4.69) is 21.2 Å². The summed E-state index contributed by atoms with van der Waals surface area (Å²) in [4.78, 5) is 11.0. The van der Waals surface area contributed by atoms with Crippen molar-refractivity contribution in [3.63, 3.8) is 0 Å². The minimum atomic E-state index is -1.00. The van der Waals surface area contributed by atoms with Gasteiger partial charge in [-0.05, 0) is 46.3 Å². The summed E-state index contributed by atoms with van der Waals surface area (Å²) in [7, 11) is 0. The van der Waals surface area contributed by atoms with Crippen molar-refractivity contribution in [2.45, 2.75) is 0 Å². The first-order valence-electron chi connectivity index (χ1n) is 6.22. The van der Waals surface area contributed by atoms with Crippen molar-refractivity contribution in [1.29, 1.82) is 0 Å². The molecule has 0 unspecified atom stereocenters. The molecule has 2 aromatic rings. The average Bonchev–Trinajstić information content (AvgIpc) is 2.47. The van der Waals surface area contributed by atoms with Gasteiger partial charge in [0.15, 0.2) is 0 Å². The molecule has 2 aromatic carbocycles. The monoisotopic (exact) mass is 369 g/mol. The Hall–Kier alpha value is -1.72. The molecule has 0 radical (unpaired) electrons. The molecule has 2 rings (SSSR count). The first kappa shape index (κ1) is 15.7. The summed E-state index contributed by atoms with van der Waals surface area (Å²) < 4.78 is 6.40. The van der Waals surface area contributed by atoms with Gasteiger partial charge in [0.05, 0.1) is 5.69 Å². The van der Waals surface area contributed by atoms with Gasteiger partial charge in [0.2, 0.25) is 0 Å². The molecule has 0 aliphatic heterocycles. The Labute approximate surface area is 135 Å². The van der Waals surface area contributed by atoms with Gasteiger partial charge >= 0.3 is 5.97 Å². The van der Waals surface area contributed by atoms with Gasteiger partial charge in [-0.2, -0.15) is 0 Å². The van der Waals surface area contributed by atoms with Crippen molar-refractivity contribution in [2.75, 3.05) is 18.5 Å². The van der Waals surface area contributed by atoms with Crippen LogP contribution in [0.2, 0.25) is 5.02 Å². The molecular weight excluding hydrogens is 358 g/mol. The number of ether oxygens (including phenoxy) is 1. The predicted octanol–water partition coefficient (Wildman–Crippen LogP) is 4.29. The Bertz CT molecular complexity index is 649. The van der Waals surface area contributed by atoms with E-state index in [0.29, 0.717) is 23.9 Å². The normalized spacial score (nSPS) is 10.2. The van der Waals surface area contributed by atoms with Crippen molar-refractivity contribution < 1.29 is 14.6 Å². The van der Waals surface area contributed by atoms with Gasteiger partial charge in [-0.1, -0.05) is 23.7 Å². The van der Waals surface area contributed by atoms with Gasteiger partial charge in [-0.15, -0.1) is 0 Å². The summed E-state index contributed by atoms with van der Waals surface area (Å²) in [6.07, 6.45) is 0. The minimum Gasteiger partial charge on any atom is -0.491 e. The van der Waals surface area contributed by atoms with Crippen LogP contribution in [0.3, 0.4) is 0 Å². The van der Waals surface area contributed by atoms with Gasteiger partial charge in [0.1, 0.15) is 17.9 Å². The molecule has 6 heteroatoms. The zero-order chi connectivity index (χ0) is 15.2. The lowest BCUT2D eigenvalue weighted by Crippen LogP contribution is -2.13. The van der Waals surface area contributed by atoms with Crippen molar-refractivity contribution in [2.24, 2.45) is 0 Å². The van der Waals surface area contributed by atoms with E-state index in [1.54, 1.807) is 30.3 Å². The van der Waals surface area contributed by atoms with Crippen LogP contribution in [0.25, 0.3) is 0 Å². The van der Waals surface area contributed by atoms with Crippen LogP contribution in [0.15, 0.2) is 46.9 Å². The number of benzene rings is 2. The van der Waals surface area contributed by atoms with Crippen LogP contribution in [0.1, 0.15) is 10.4 Å². The molecule has 0 saturated carbocycles. The van der Waals surface area contributed by atoms with Crippen LogP contribution in [0.5, 0.6) is 5.75 Å². The Morgan fingerprint density at radius 1 is 1.29 bits per heavy atom. The Morgan fingerprint density at radius 3 is 2.81 bits per heavy atom. The minimum absolute atomic E-state index is 0.154. The van der Waals surface area contributed by atoms with Crippen molar-refractivity contribution in [3.05, 3.63) is 57.5 Å². The van der Waals surface area contributed by atoms with Gasteiger partial charge in [0, 0.05) is 16.0 Å². The number of para-hydroxylation sites is 1. The fourth-order valence-electron chi connectivity index (χ4n) is 1.75. The van der Waals surface area contributed by atoms with E-state index < -0.39 is 5.97 Å². The maximum absolute atomic E-state index is 11.0. The van der Waals surface area contributed by atoms with Crippen LogP contribution in [-0.4, -0.2) is 24.2 Å². The van der Waals surface area contributed by atoms with Gasteiger partial charge in [-0.25, -0.2) is 4.79 Å². The zero-order valence-electron chi connectivity index (χ0n) is 11.0. The van der Waals surface area contributed by atoms with Crippen LogP contribution in [0.4, 0.5) is 5.69 Å². The third-order valence-electron chi connectivity index (χ3n) is 2.72. The largest absolute Gasteiger partial charge is 0.491 e. The average molecular weight is 371 g/mol. The van der Waals surface area contributed by atoms with Crippen LogP contribution in [-0.2, 0) is 0 Å². The third-order valence-corrected chi connectivity index (χ3v) is 3.65. The number of halogens is 2. The number of carboxylic acid groups (broad SMARTS) is 1. The highest BCUT2D eigenvalue weighted by atomic mass is 79.9. The van der Waals surface area contributed by atoms with Crippen molar-refractivity contribution in [1.82, 2.24) is 0 Å². The molecule has 0 aromatic heterocycles. The maximum atomic E-state index is 11.0. The van der Waals surface area contributed by atoms with E-state index in [4.69, 9.17) is 21.4 Å². The standard InChI is InChI=1S/C15H13BrClNO3/c16-12-6-5-10(17)9-13(12)18-7-8-21-14-4-2-1-3-11(14)15(19)20/h1-6,9,18H,7-8H2,(H,19,20). The summed E-state index contributed by atoms with van der Waals surface area (Å²) in [6.45, 7) is 0.857. The number of hydrogen-bond acceptors (Lipinski definition) is 3. The second kappa shape index (κ2) is 7.33. The fraction of sp³-hybridized carbons (Fsp3) is 0.133. The number of carboxylic acids is 1. The molecule has 0 amide bonds. The SMILES string of the molecule is O=C(O)c1ccccc1OCCNc1cc(Cl)ccc1Br. The Kier molecular flexibility index (Phi) is 5.47. The van der Waals surface area contributed by atoms with E-state index in [0.717, 1.165) is 10.2 Å². The van der Waals surface area contributed by atoms with Gasteiger partial charge < -0.3 is 15.2 Å². The molecule has 0 bridgehead atoms. The topological polar surface area (TPSA) is 58.6 Å². The number of nitrogens with one attached hydrogen (secondary N) is 1. The number of anilines is 1. The second-order valence-electron chi connectivity index (χ2n) is 4.20. The van der Waals surface area contributed by atoms with E-state index in [1.807, 2.05) is 6.07 Å². The van der Waals surface area contributed by atoms with Crippen LogP contribution < -0.4 is 10.1 Å². The third kappa shape index (κ3) is 4.37. The first-order chi connectivity index (χ1) is 10.1. The lowest BCUT2D eigenvalue weighted by molar-refractivity contribution is 0.0692. The fourth-order valence-corrected chi connectivity index (χ4v) is 2.31. The van der Waals surface area contributed by atoms with Gasteiger partial charge in [-0.3, -0.25) is 0 Å². The molecular formula is C15H13BrClNO3. The van der Waals surface area contributed by atoms with E-state index in [1.165, 1.54) is 6.07 Å². The number of carbonyl (C=O) groups is 1. The van der Waals surface area contributed by atoms with Crippen LogP contribution in [0, 0.1) is 0 Å². The molecule has 110 valence electrons. The molecule has 2 N–H and O–H groups in total. The molecule has 0 aliphatic rings. The van der Waals surface area contributed by atoms with Gasteiger partial charge in [0.25, 0.3) is 0 Å². The number of aromatic carboxylic acids is 1. The molecule has 0 fully saturated rings. The Morgan fingerprint density at radius 2 is 2.05 bits per heavy atom. The lowest BCUT2D eigenvalue weighted by atomic mass is 10.2. The predicted molar refractivity (Wildman–Crippen MR) is 86.5 cm³/mol. The zero-order valence-corrected chi connectivity index (χ0v) is 13.3. The molecule has 0 aliphatic carbocycles. The van der Waals surface area contributed by atoms with E-state index in [9.17, 15) is 4.79 Å². The maximum Gasteiger partial charge on any atom is 0.339 e. The number of rotatable bonds is 6. The summed E-state index contributed by atoms with van der Waals surface area (Å²) in [5.74, 6) is -0.645. The molecule has 21 heavy (non-hydrogen) atoms. The lowest BCUT2D eigenvalue weighted by Gasteiger charge is -2.11. The van der Waals surface area contributed by atoms with E-state index >= 15 is 0 Å². The highest BCUT2D eigenvalue weighted by Crippen LogP contribution is 2.25. The quantitative estimate of drug-likeness (QED) is 0.745. The first-order valence-corrected chi connectivity index (χ1v) is 7.39. The van der Waals surface area contributed by atoms with Crippen molar-refractivity contribution in [3.8, 4) is 5.75 Å². The second-order valence-corrected chi connectivity index (χ2v) is 5.49. The molecule has 4 nitrogen and oxygen atoms in total. The smallest absolute Gasteiger partial charge is 0.339 e. The summed E-state index contributed by atoms with van der Waals surface area (Å²) >= 11 is 9.34. The van der Waals surface area contributed by atoms with E-state index in [-0.39, 0.29) is 5.56 Å². The molecule has 0 heterocycles. The summed E-state index contributed by atoms with van der Waals surface area (Å²) in [6, 6.07) is 12.0. The molecule has 0 saturated heterocycles. The molecule has 0 spiro atoms. The highest BCUT2D eigenvalue weighted by Gasteiger charge is 2.09.